The Labute approximate surface area is 155 Å². The van der Waals surface area contributed by atoms with Gasteiger partial charge in [0.1, 0.15) is 12.4 Å². The molecule has 132 valence electrons. The summed E-state index contributed by atoms with van der Waals surface area (Å²) < 4.78 is 5.41. The normalized spacial score (nSPS) is 11.6. The van der Waals surface area contributed by atoms with E-state index in [9.17, 15) is 9.59 Å². The number of halogens is 2. The lowest BCUT2D eigenvalue weighted by molar-refractivity contribution is -0.142. The number of nitrogens with one attached hydrogen (secondary N) is 1. The molecule has 0 fully saturated rings. The Bertz CT molecular complexity index is 762. The molecule has 2 aromatic rings. The van der Waals surface area contributed by atoms with Crippen molar-refractivity contribution >= 4 is 35.1 Å². The number of carboxylic acids is 1. The van der Waals surface area contributed by atoms with Crippen molar-refractivity contribution in [3.05, 3.63) is 63.6 Å². The molecule has 25 heavy (non-hydrogen) atoms. The van der Waals surface area contributed by atoms with E-state index in [-0.39, 0.29) is 12.5 Å². The van der Waals surface area contributed by atoms with Crippen LogP contribution in [-0.4, -0.2) is 23.6 Å². The minimum absolute atomic E-state index is 0.0999. The molecule has 2 rings (SSSR count). The SMILES string of the molecule is CC(COc1ccc(CNC(=O)c2ccc(Cl)c(Cl)c2)cc1)C(=O)O. The second-order valence-corrected chi connectivity index (χ2v) is 6.32. The van der Waals surface area contributed by atoms with Crippen molar-refractivity contribution in [3.63, 3.8) is 0 Å². The molecule has 0 heterocycles. The molecular formula is C18H17Cl2NO4. The van der Waals surface area contributed by atoms with Crippen molar-refractivity contribution in [2.45, 2.75) is 13.5 Å². The topological polar surface area (TPSA) is 75.6 Å². The molecule has 0 aliphatic carbocycles. The zero-order valence-corrected chi connectivity index (χ0v) is 15.0. The quantitative estimate of drug-likeness (QED) is 0.759. The summed E-state index contributed by atoms with van der Waals surface area (Å²) in [7, 11) is 0. The maximum Gasteiger partial charge on any atom is 0.309 e. The molecule has 1 unspecified atom stereocenters. The van der Waals surface area contributed by atoms with Crippen LogP contribution < -0.4 is 10.1 Å². The number of carbonyl (C=O) groups excluding carboxylic acids is 1. The lowest BCUT2D eigenvalue weighted by atomic mass is 10.2. The van der Waals surface area contributed by atoms with Gasteiger partial charge in [-0.25, -0.2) is 0 Å². The summed E-state index contributed by atoms with van der Waals surface area (Å²) in [5.74, 6) is -1.16. The average Bonchev–Trinajstić information content (AvgIpc) is 2.60. The molecule has 5 nitrogen and oxygen atoms in total. The van der Waals surface area contributed by atoms with E-state index in [4.69, 9.17) is 33.0 Å². The van der Waals surface area contributed by atoms with Gasteiger partial charge in [-0.1, -0.05) is 35.3 Å². The van der Waals surface area contributed by atoms with Crippen LogP contribution in [0.5, 0.6) is 5.75 Å². The number of amides is 1. The third kappa shape index (κ3) is 5.66. The van der Waals surface area contributed by atoms with Gasteiger partial charge in [-0.3, -0.25) is 9.59 Å². The number of carbonyl (C=O) groups is 2. The Kier molecular flexibility index (Phi) is 6.67. The first kappa shape index (κ1) is 19.1. The third-order valence-electron chi connectivity index (χ3n) is 3.48. The van der Waals surface area contributed by atoms with Crippen LogP contribution in [-0.2, 0) is 11.3 Å². The van der Waals surface area contributed by atoms with Gasteiger partial charge in [0, 0.05) is 12.1 Å². The summed E-state index contributed by atoms with van der Waals surface area (Å²) in [6, 6.07) is 11.8. The number of hydrogen-bond acceptors (Lipinski definition) is 3. The van der Waals surface area contributed by atoms with Crippen LogP contribution in [0.1, 0.15) is 22.8 Å². The zero-order chi connectivity index (χ0) is 18.4. The van der Waals surface area contributed by atoms with E-state index in [0.29, 0.717) is 27.9 Å². The molecule has 2 aromatic carbocycles. The smallest absolute Gasteiger partial charge is 0.309 e. The Hall–Kier alpha value is -2.24. The third-order valence-corrected chi connectivity index (χ3v) is 4.22. The van der Waals surface area contributed by atoms with E-state index in [1.165, 1.54) is 6.07 Å². The lowest BCUT2D eigenvalue weighted by Gasteiger charge is -2.10. The molecule has 7 heteroatoms. The first-order chi connectivity index (χ1) is 11.9. The van der Waals surface area contributed by atoms with Crippen LogP contribution in [0.4, 0.5) is 0 Å². The highest BCUT2D eigenvalue weighted by Crippen LogP contribution is 2.22. The summed E-state index contributed by atoms with van der Waals surface area (Å²) in [5, 5.41) is 12.3. The standard InChI is InChI=1S/C18H17Cl2NO4/c1-11(18(23)24)10-25-14-5-2-12(3-6-14)9-21-17(22)13-4-7-15(19)16(20)8-13/h2-8,11H,9-10H2,1H3,(H,21,22)(H,23,24). The van der Waals surface area contributed by atoms with Crippen LogP contribution >= 0.6 is 23.2 Å². The number of aliphatic carboxylic acids is 1. The van der Waals surface area contributed by atoms with Crippen LogP contribution in [0, 0.1) is 5.92 Å². The van der Waals surface area contributed by atoms with Crippen LogP contribution in [0.3, 0.4) is 0 Å². The molecule has 1 atom stereocenters. The molecule has 0 saturated heterocycles. The molecular weight excluding hydrogens is 365 g/mol. The maximum absolute atomic E-state index is 12.1. The Morgan fingerprint density at radius 1 is 1.12 bits per heavy atom. The van der Waals surface area contributed by atoms with Crippen LogP contribution in [0.25, 0.3) is 0 Å². The second-order valence-electron chi connectivity index (χ2n) is 5.51. The molecule has 0 radical (unpaired) electrons. The van der Waals surface area contributed by atoms with Gasteiger partial charge >= 0.3 is 5.97 Å². The lowest BCUT2D eigenvalue weighted by Crippen LogP contribution is -2.22. The fourth-order valence-electron chi connectivity index (χ4n) is 1.92. The average molecular weight is 382 g/mol. The molecule has 0 aliphatic heterocycles. The van der Waals surface area contributed by atoms with Crippen molar-refractivity contribution in [1.29, 1.82) is 0 Å². The summed E-state index contributed by atoms with van der Waals surface area (Å²) in [6.45, 7) is 2.02. The summed E-state index contributed by atoms with van der Waals surface area (Å²) in [4.78, 5) is 22.8. The highest BCUT2D eigenvalue weighted by molar-refractivity contribution is 6.42. The van der Waals surface area contributed by atoms with Gasteiger partial charge in [0.2, 0.25) is 0 Å². The molecule has 0 bridgehead atoms. The van der Waals surface area contributed by atoms with Gasteiger partial charge in [0.05, 0.1) is 16.0 Å². The Morgan fingerprint density at radius 3 is 2.40 bits per heavy atom. The number of benzene rings is 2. The molecule has 2 N–H and O–H groups in total. The first-order valence-corrected chi connectivity index (χ1v) is 8.30. The maximum atomic E-state index is 12.1. The number of hydrogen-bond donors (Lipinski definition) is 2. The highest BCUT2D eigenvalue weighted by atomic mass is 35.5. The monoisotopic (exact) mass is 381 g/mol. The zero-order valence-electron chi connectivity index (χ0n) is 13.5. The van der Waals surface area contributed by atoms with Crippen LogP contribution in [0.15, 0.2) is 42.5 Å². The largest absolute Gasteiger partial charge is 0.493 e. The first-order valence-electron chi connectivity index (χ1n) is 7.54. The predicted molar refractivity (Wildman–Crippen MR) is 96.4 cm³/mol. The van der Waals surface area contributed by atoms with Crippen molar-refractivity contribution < 1.29 is 19.4 Å². The molecule has 0 aromatic heterocycles. The minimum atomic E-state index is -0.901. The molecule has 0 aliphatic rings. The molecule has 0 spiro atoms. The van der Waals surface area contributed by atoms with Gasteiger partial charge in [-0.2, -0.15) is 0 Å². The van der Waals surface area contributed by atoms with E-state index in [2.05, 4.69) is 5.32 Å². The molecule has 0 saturated carbocycles. The highest BCUT2D eigenvalue weighted by Gasteiger charge is 2.11. The second kappa shape index (κ2) is 8.74. The number of ether oxygens (including phenoxy) is 1. The van der Waals surface area contributed by atoms with Crippen molar-refractivity contribution in [3.8, 4) is 5.75 Å². The van der Waals surface area contributed by atoms with E-state index >= 15 is 0 Å². The van der Waals surface area contributed by atoms with Crippen LogP contribution in [0.2, 0.25) is 10.0 Å². The van der Waals surface area contributed by atoms with Gasteiger partial charge in [-0.15, -0.1) is 0 Å². The summed E-state index contributed by atoms with van der Waals surface area (Å²) in [6.07, 6.45) is 0. The van der Waals surface area contributed by atoms with Gasteiger partial charge in [0.25, 0.3) is 5.91 Å². The number of rotatable bonds is 7. The Balaban J connectivity index is 1.87. The fourth-order valence-corrected chi connectivity index (χ4v) is 2.22. The van der Waals surface area contributed by atoms with E-state index < -0.39 is 11.9 Å². The van der Waals surface area contributed by atoms with Gasteiger partial charge < -0.3 is 15.2 Å². The van der Waals surface area contributed by atoms with Gasteiger partial charge in [-0.05, 0) is 42.8 Å². The summed E-state index contributed by atoms with van der Waals surface area (Å²) in [5.41, 5.74) is 1.31. The van der Waals surface area contributed by atoms with Gasteiger partial charge in [0.15, 0.2) is 0 Å². The van der Waals surface area contributed by atoms with Crippen molar-refractivity contribution in [2.24, 2.45) is 5.92 Å². The Morgan fingerprint density at radius 2 is 1.80 bits per heavy atom. The minimum Gasteiger partial charge on any atom is -0.493 e. The van der Waals surface area contributed by atoms with Crippen molar-refractivity contribution in [2.75, 3.05) is 6.61 Å². The number of carboxylic acid groups (broad SMARTS) is 1. The predicted octanol–water partition coefficient (Wildman–Crippen LogP) is 4.02. The summed E-state index contributed by atoms with van der Waals surface area (Å²) >= 11 is 11.7. The fraction of sp³-hybridized carbons (Fsp3) is 0.222. The van der Waals surface area contributed by atoms with E-state index in [1.54, 1.807) is 43.3 Å². The van der Waals surface area contributed by atoms with Crippen molar-refractivity contribution in [1.82, 2.24) is 5.32 Å². The van der Waals surface area contributed by atoms with E-state index in [0.717, 1.165) is 5.56 Å². The van der Waals surface area contributed by atoms with E-state index in [1.807, 2.05) is 0 Å². The molecule has 1 amide bonds.